The SMILES string of the molecule is O=C(N[C@@H]1[C@H](OCc2ccccc2)O[C@@H]2CO[C@@H](c3ccccc3)O[C@H]2[C@H]1O)OCC(Cl)(Cl)Cl. The molecule has 184 valence electrons. The Morgan fingerprint density at radius 1 is 1.06 bits per heavy atom. The van der Waals surface area contributed by atoms with Gasteiger partial charge in [0.25, 0.3) is 0 Å². The van der Waals surface area contributed by atoms with Gasteiger partial charge >= 0.3 is 6.09 Å². The van der Waals surface area contributed by atoms with Crippen molar-refractivity contribution in [1.29, 1.82) is 0 Å². The van der Waals surface area contributed by atoms with Crippen LogP contribution in [0.4, 0.5) is 4.79 Å². The van der Waals surface area contributed by atoms with Gasteiger partial charge in [0, 0.05) is 5.56 Å². The highest BCUT2D eigenvalue weighted by Gasteiger charge is 2.50. The Morgan fingerprint density at radius 3 is 2.41 bits per heavy atom. The van der Waals surface area contributed by atoms with Crippen molar-refractivity contribution in [1.82, 2.24) is 5.32 Å². The summed E-state index contributed by atoms with van der Waals surface area (Å²) in [5, 5.41) is 13.7. The highest BCUT2D eigenvalue weighted by molar-refractivity contribution is 6.67. The summed E-state index contributed by atoms with van der Waals surface area (Å²) in [4.78, 5) is 12.4. The summed E-state index contributed by atoms with van der Waals surface area (Å²) >= 11 is 17.0. The molecule has 34 heavy (non-hydrogen) atoms. The van der Waals surface area contributed by atoms with Crippen LogP contribution in [0.3, 0.4) is 0 Å². The lowest BCUT2D eigenvalue weighted by atomic mass is 9.96. The van der Waals surface area contributed by atoms with E-state index in [2.05, 4.69) is 5.32 Å². The van der Waals surface area contributed by atoms with Crippen molar-refractivity contribution >= 4 is 40.9 Å². The molecule has 2 heterocycles. The van der Waals surface area contributed by atoms with Crippen molar-refractivity contribution in [3.05, 3.63) is 71.8 Å². The van der Waals surface area contributed by atoms with Crippen LogP contribution in [0.5, 0.6) is 0 Å². The third kappa shape index (κ3) is 6.74. The summed E-state index contributed by atoms with van der Waals surface area (Å²) in [5.74, 6) is 0. The molecule has 8 nitrogen and oxygen atoms in total. The van der Waals surface area contributed by atoms with E-state index in [1.54, 1.807) is 0 Å². The summed E-state index contributed by atoms with van der Waals surface area (Å²) in [6, 6.07) is 17.7. The fourth-order valence-corrected chi connectivity index (χ4v) is 3.91. The van der Waals surface area contributed by atoms with Crippen LogP contribution in [0.25, 0.3) is 0 Å². The quantitative estimate of drug-likeness (QED) is 0.545. The van der Waals surface area contributed by atoms with Crippen LogP contribution in [0, 0.1) is 0 Å². The molecule has 2 aliphatic rings. The largest absolute Gasteiger partial charge is 0.445 e. The normalized spacial score (nSPS) is 29.2. The van der Waals surface area contributed by atoms with Gasteiger partial charge in [0.05, 0.1) is 13.2 Å². The van der Waals surface area contributed by atoms with E-state index in [0.29, 0.717) is 0 Å². The molecule has 0 saturated carbocycles. The number of carbonyl (C=O) groups excluding carboxylic acids is 1. The molecule has 2 aliphatic heterocycles. The zero-order valence-corrected chi connectivity index (χ0v) is 20.2. The van der Waals surface area contributed by atoms with Crippen molar-refractivity contribution in [3.8, 4) is 0 Å². The first kappa shape index (κ1) is 25.5. The Bertz CT molecular complexity index is 931. The number of alkyl halides is 3. The first-order chi connectivity index (χ1) is 16.3. The number of aliphatic hydroxyl groups excluding tert-OH is 1. The average molecular weight is 533 g/mol. The number of amides is 1. The number of aliphatic hydroxyl groups is 1. The summed E-state index contributed by atoms with van der Waals surface area (Å²) in [7, 11) is 0. The van der Waals surface area contributed by atoms with Crippen LogP contribution in [-0.2, 0) is 30.3 Å². The van der Waals surface area contributed by atoms with E-state index in [-0.39, 0.29) is 13.2 Å². The molecule has 0 unspecified atom stereocenters. The molecule has 1 amide bonds. The maximum atomic E-state index is 12.4. The van der Waals surface area contributed by atoms with Crippen LogP contribution in [0.15, 0.2) is 60.7 Å². The molecule has 0 radical (unpaired) electrons. The minimum atomic E-state index is -1.78. The molecule has 0 spiro atoms. The Labute approximate surface area is 211 Å². The number of rotatable bonds is 6. The van der Waals surface area contributed by atoms with Gasteiger partial charge in [-0.05, 0) is 5.56 Å². The van der Waals surface area contributed by atoms with Crippen molar-refractivity contribution < 1.29 is 33.6 Å². The number of fused-ring (bicyclic) bond motifs is 1. The van der Waals surface area contributed by atoms with Crippen LogP contribution in [-0.4, -0.2) is 58.8 Å². The Balaban J connectivity index is 1.47. The van der Waals surface area contributed by atoms with Crippen LogP contribution >= 0.6 is 34.8 Å². The lowest BCUT2D eigenvalue weighted by Crippen LogP contribution is -2.66. The van der Waals surface area contributed by atoms with Gasteiger partial charge in [-0.15, -0.1) is 0 Å². The first-order valence-corrected chi connectivity index (χ1v) is 11.7. The van der Waals surface area contributed by atoms with E-state index in [1.165, 1.54) is 0 Å². The average Bonchev–Trinajstić information content (AvgIpc) is 2.84. The predicted octanol–water partition coefficient (Wildman–Crippen LogP) is 3.87. The molecule has 2 N–H and O–H groups in total. The first-order valence-electron chi connectivity index (χ1n) is 10.6. The smallest absolute Gasteiger partial charge is 0.407 e. The second-order valence-electron chi connectivity index (χ2n) is 7.87. The van der Waals surface area contributed by atoms with Crippen molar-refractivity contribution in [2.24, 2.45) is 0 Å². The van der Waals surface area contributed by atoms with Gasteiger partial charge in [-0.1, -0.05) is 95.5 Å². The Hall–Kier alpha value is -1.62. The maximum absolute atomic E-state index is 12.4. The van der Waals surface area contributed by atoms with E-state index >= 15 is 0 Å². The van der Waals surface area contributed by atoms with Crippen LogP contribution in [0.2, 0.25) is 0 Å². The monoisotopic (exact) mass is 531 g/mol. The molecule has 6 atom stereocenters. The van der Waals surface area contributed by atoms with Gasteiger partial charge in [0.2, 0.25) is 3.79 Å². The summed E-state index contributed by atoms with van der Waals surface area (Å²) in [6.45, 7) is -0.128. The van der Waals surface area contributed by atoms with Crippen molar-refractivity contribution in [2.75, 3.05) is 13.2 Å². The van der Waals surface area contributed by atoms with Gasteiger partial charge in [0.15, 0.2) is 12.6 Å². The van der Waals surface area contributed by atoms with Crippen molar-refractivity contribution in [3.63, 3.8) is 0 Å². The molecular formula is C23H24Cl3NO7. The number of hydrogen-bond donors (Lipinski definition) is 2. The van der Waals surface area contributed by atoms with E-state index in [0.717, 1.165) is 11.1 Å². The predicted molar refractivity (Wildman–Crippen MR) is 124 cm³/mol. The molecule has 2 fully saturated rings. The number of halogens is 3. The molecule has 11 heteroatoms. The topological polar surface area (TPSA) is 95.5 Å². The number of hydrogen-bond acceptors (Lipinski definition) is 7. The zero-order valence-electron chi connectivity index (χ0n) is 17.9. The van der Waals surface area contributed by atoms with E-state index in [1.807, 2.05) is 60.7 Å². The number of nitrogens with one attached hydrogen (secondary N) is 1. The molecule has 0 aromatic heterocycles. The zero-order chi connectivity index (χ0) is 24.1. The second-order valence-corrected chi connectivity index (χ2v) is 10.4. The molecular weight excluding hydrogens is 509 g/mol. The highest BCUT2D eigenvalue weighted by Crippen LogP contribution is 2.34. The van der Waals surface area contributed by atoms with Gasteiger partial charge in [0.1, 0.15) is 31.0 Å². The lowest BCUT2D eigenvalue weighted by molar-refractivity contribution is -0.345. The standard InChI is InChI=1S/C23H24Cl3NO7/c24-23(25,26)13-32-22(29)27-17-18(28)19-16(12-31-20(34-19)15-9-5-2-6-10-15)33-21(17)30-11-14-7-3-1-4-8-14/h1-10,16-21,28H,11-13H2,(H,27,29)/t16-,17+,18+,19-,20-,21-/m1/s1. The second kappa shape index (κ2) is 11.4. The number of ether oxygens (including phenoxy) is 5. The highest BCUT2D eigenvalue weighted by atomic mass is 35.6. The fourth-order valence-electron chi connectivity index (χ4n) is 3.75. The number of alkyl carbamates (subject to hydrolysis) is 1. The van der Waals surface area contributed by atoms with Crippen LogP contribution < -0.4 is 5.32 Å². The lowest BCUT2D eigenvalue weighted by Gasteiger charge is -2.47. The number of benzene rings is 2. The Morgan fingerprint density at radius 2 is 1.74 bits per heavy atom. The molecule has 2 saturated heterocycles. The van der Waals surface area contributed by atoms with E-state index in [4.69, 9.17) is 58.5 Å². The molecule has 2 aromatic carbocycles. The number of carbonyl (C=O) groups is 1. The van der Waals surface area contributed by atoms with Gasteiger partial charge in [-0.25, -0.2) is 4.79 Å². The van der Waals surface area contributed by atoms with Crippen molar-refractivity contribution in [2.45, 2.75) is 47.3 Å². The third-order valence-corrected chi connectivity index (χ3v) is 5.67. The van der Waals surface area contributed by atoms with Gasteiger partial charge in [-0.2, -0.15) is 0 Å². The summed E-state index contributed by atoms with van der Waals surface area (Å²) < 4.78 is 27.0. The minimum Gasteiger partial charge on any atom is -0.445 e. The molecule has 0 aliphatic carbocycles. The maximum Gasteiger partial charge on any atom is 0.407 e. The Kier molecular flexibility index (Phi) is 8.55. The van der Waals surface area contributed by atoms with Crippen LogP contribution in [0.1, 0.15) is 17.4 Å². The van der Waals surface area contributed by atoms with E-state index < -0.39 is 53.4 Å². The van der Waals surface area contributed by atoms with Gasteiger partial charge in [-0.3, -0.25) is 0 Å². The molecule has 0 bridgehead atoms. The summed E-state index contributed by atoms with van der Waals surface area (Å²) in [6.07, 6.45) is -5.23. The van der Waals surface area contributed by atoms with E-state index in [9.17, 15) is 9.90 Å². The minimum absolute atomic E-state index is 0.164. The molecule has 2 aromatic rings. The van der Waals surface area contributed by atoms with Gasteiger partial charge < -0.3 is 34.1 Å². The fraction of sp³-hybridized carbons (Fsp3) is 0.435. The summed E-state index contributed by atoms with van der Waals surface area (Å²) in [5.41, 5.74) is 1.68. The third-order valence-electron chi connectivity index (χ3n) is 5.35. The molecule has 4 rings (SSSR count).